The molecule has 0 radical (unpaired) electrons. The Labute approximate surface area is 269 Å². The highest BCUT2D eigenvalue weighted by Crippen LogP contribution is 2.20. The van der Waals surface area contributed by atoms with Crippen molar-refractivity contribution in [1.82, 2.24) is 5.32 Å². The van der Waals surface area contributed by atoms with E-state index in [1.54, 1.807) is 0 Å². The Bertz CT molecular complexity index is 620. The van der Waals surface area contributed by atoms with Crippen molar-refractivity contribution in [1.29, 1.82) is 0 Å². The summed E-state index contributed by atoms with van der Waals surface area (Å²) in [4.78, 5) is 16.9. The molecule has 0 fully saturated rings. The van der Waals surface area contributed by atoms with Crippen LogP contribution in [-0.2, 0) is 9.53 Å². The van der Waals surface area contributed by atoms with Crippen LogP contribution in [0.15, 0.2) is 4.99 Å². The van der Waals surface area contributed by atoms with Crippen molar-refractivity contribution in [3.8, 4) is 0 Å². The molecule has 0 aromatic heterocycles. The van der Waals surface area contributed by atoms with Crippen LogP contribution in [0.25, 0.3) is 0 Å². The van der Waals surface area contributed by atoms with Gasteiger partial charge in [-0.2, -0.15) is 0 Å². The summed E-state index contributed by atoms with van der Waals surface area (Å²) in [7, 11) is 0. The van der Waals surface area contributed by atoms with Gasteiger partial charge in [-0.05, 0) is 25.7 Å². The summed E-state index contributed by atoms with van der Waals surface area (Å²) >= 11 is 0. The molecular formula is C39H76N2O2. The first-order valence-corrected chi connectivity index (χ1v) is 19.7. The van der Waals surface area contributed by atoms with Crippen molar-refractivity contribution >= 4 is 11.8 Å². The van der Waals surface area contributed by atoms with Crippen LogP contribution in [0.2, 0.25) is 0 Å². The molecule has 0 amide bonds. The smallest absolute Gasteiger partial charge is 0.305 e. The van der Waals surface area contributed by atoms with Gasteiger partial charge in [0.05, 0.1) is 19.0 Å². The largest absolute Gasteiger partial charge is 0.466 e. The van der Waals surface area contributed by atoms with Crippen LogP contribution in [-0.4, -0.2) is 31.5 Å². The molecule has 0 spiro atoms. The van der Waals surface area contributed by atoms with Gasteiger partial charge in [0, 0.05) is 18.9 Å². The minimum atomic E-state index is 0.00327. The average molecular weight is 605 g/mol. The van der Waals surface area contributed by atoms with Crippen molar-refractivity contribution in [2.24, 2.45) is 10.9 Å². The molecule has 0 aromatic carbocycles. The first kappa shape index (κ1) is 40.0. The number of rotatable bonds is 34. The van der Waals surface area contributed by atoms with Gasteiger partial charge in [0.25, 0.3) is 0 Å². The molecule has 0 saturated heterocycles. The van der Waals surface area contributed by atoms with Gasteiger partial charge >= 0.3 is 5.97 Å². The van der Waals surface area contributed by atoms with Gasteiger partial charge in [0.15, 0.2) is 0 Å². The van der Waals surface area contributed by atoms with Crippen molar-refractivity contribution in [3.63, 3.8) is 0 Å². The van der Waals surface area contributed by atoms with Crippen LogP contribution in [0.1, 0.15) is 213 Å². The summed E-state index contributed by atoms with van der Waals surface area (Å²) in [6.07, 6.45) is 40.8. The predicted molar refractivity (Wildman–Crippen MR) is 189 cm³/mol. The van der Waals surface area contributed by atoms with Crippen LogP contribution in [0, 0.1) is 5.92 Å². The lowest BCUT2D eigenvalue weighted by Gasteiger charge is -2.17. The lowest BCUT2D eigenvalue weighted by molar-refractivity contribution is -0.143. The third kappa shape index (κ3) is 27.0. The first-order chi connectivity index (χ1) is 21.3. The van der Waals surface area contributed by atoms with E-state index in [0.717, 1.165) is 32.4 Å². The molecule has 1 N–H and O–H groups in total. The SMILES string of the molecule is CCCCCCCCCCCCCCCCCC(=O)OCCCC(CCCCCCCCCCCCCC)C1=NCCN1. The molecule has 4 heteroatoms. The Hall–Kier alpha value is -1.06. The number of nitrogens with zero attached hydrogens (tertiary/aromatic N) is 1. The molecule has 43 heavy (non-hydrogen) atoms. The number of carbonyl (C=O) groups is 1. The van der Waals surface area contributed by atoms with Crippen LogP contribution >= 0.6 is 0 Å². The van der Waals surface area contributed by atoms with Gasteiger partial charge in [-0.15, -0.1) is 0 Å². The lowest BCUT2D eigenvalue weighted by Crippen LogP contribution is -2.27. The number of nitrogens with one attached hydrogen (secondary N) is 1. The number of carbonyl (C=O) groups excluding carboxylic acids is 1. The van der Waals surface area contributed by atoms with E-state index in [0.29, 0.717) is 18.9 Å². The fourth-order valence-electron chi connectivity index (χ4n) is 6.57. The first-order valence-electron chi connectivity index (χ1n) is 19.7. The van der Waals surface area contributed by atoms with Crippen LogP contribution < -0.4 is 5.32 Å². The van der Waals surface area contributed by atoms with E-state index in [2.05, 4.69) is 19.2 Å². The molecule has 254 valence electrons. The highest BCUT2D eigenvalue weighted by molar-refractivity contribution is 5.85. The Morgan fingerprint density at radius 3 is 1.40 bits per heavy atom. The normalized spacial score (nSPS) is 13.7. The second kappa shape index (κ2) is 32.3. The minimum absolute atomic E-state index is 0.00327. The van der Waals surface area contributed by atoms with E-state index in [4.69, 9.17) is 9.73 Å². The van der Waals surface area contributed by atoms with E-state index in [-0.39, 0.29) is 5.97 Å². The summed E-state index contributed by atoms with van der Waals surface area (Å²) in [5, 5.41) is 3.51. The summed E-state index contributed by atoms with van der Waals surface area (Å²) in [5.41, 5.74) is 0. The monoisotopic (exact) mass is 605 g/mol. The topological polar surface area (TPSA) is 50.7 Å². The van der Waals surface area contributed by atoms with Gasteiger partial charge < -0.3 is 10.1 Å². The molecule has 1 aliphatic heterocycles. The van der Waals surface area contributed by atoms with Crippen molar-refractivity contribution < 1.29 is 9.53 Å². The molecule has 0 bridgehead atoms. The summed E-state index contributed by atoms with van der Waals surface area (Å²) in [6, 6.07) is 0. The zero-order valence-electron chi connectivity index (χ0n) is 29.4. The van der Waals surface area contributed by atoms with E-state index >= 15 is 0 Å². The van der Waals surface area contributed by atoms with Gasteiger partial charge in [-0.3, -0.25) is 9.79 Å². The van der Waals surface area contributed by atoms with Gasteiger partial charge in [0.2, 0.25) is 0 Å². The maximum atomic E-state index is 12.2. The summed E-state index contributed by atoms with van der Waals surface area (Å²) in [5.74, 6) is 1.73. The number of hydrogen-bond acceptors (Lipinski definition) is 4. The van der Waals surface area contributed by atoms with Crippen LogP contribution in [0.4, 0.5) is 0 Å². The van der Waals surface area contributed by atoms with E-state index in [1.165, 1.54) is 179 Å². The summed E-state index contributed by atoms with van der Waals surface area (Å²) in [6.45, 7) is 7.05. The van der Waals surface area contributed by atoms with Gasteiger partial charge in [-0.25, -0.2) is 0 Å². The third-order valence-electron chi connectivity index (χ3n) is 9.44. The Morgan fingerprint density at radius 2 is 0.977 bits per heavy atom. The van der Waals surface area contributed by atoms with Gasteiger partial charge in [0.1, 0.15) is 0 Å². The maximum Gasteiger partial charge on any atom is 0.305 e. The fraction of sp³-hybridized carbons (Fsp3) is 0.949. The Morgan fingerprint density at radius 1 is 0.581 bits per heavy atom. The Kier molecular flexibility index (Phi) is 30.1. The van der Waals surface area contributed by atoms with E-state index in [9.17, 15) is 4.79 Å². The second-order valence-electron chi connectivity index (χ2n) is 13.6. The molecular weight excluding hydrogens is 528 g/mol. The number of hydrogen-bond donors (Lipinski definition) is 1. The van der Waals surface area contributed by atoms with Gasteiger partial charge in [-0.1, -0.05) is 181 Å². The molecule has 1 rings (SSSR count). The third-order valence-corrected chi connectivity index (χ3v) is 9.44. The molecule has 1 unspecified atom stereocenters. The zero-order chi connectivity index (χ0) is 30.9. The Balaban J connectivity index is 1.94. The van der Waals surface area contributed by atoms with E-state index < -0.39 is 0 Å². The number of ether oxygens (including phenoxy) is 1. The molecule has 0 aromatic rings. The number of unbranched alkanes of at least 4 members (excludes halogenated alkanes) is 25. The molecule has 0 aliphatic carbocycles. The van der Waals surface area contributed by atoms with Crippen molar-refractivity contribution in [2.45, 2.75) is 213 Å². The molecule has 0 saturated carbocycles. The minimum Gasteiger partial charge on any atom is -0.466 e. The maximum absolute atomic E-state index is 12.2. The molecule has 1 heterocycles. The predicted octanol–water partition coefficient (Wildman–Crippen LogP) is 12.3. The second-order valence-corrected chi connectivity index (χ2v) is 13.6. The molecule has 1 atom stereocenters. The van der Waals surface area contributed by atoms with E-state index in [1.807, 2.05) is 0 Å². The standard InChI is InChI=1S/C39H76N2O2/c1-3-5-7-9-11-13-15-17-18-19-21-23-25-27-29-33-38(42)43-36-30-32-37(39-40-34-35-41-39)31-28-26-24-22-20-16-14-12-10-8-6-4-2/h37H,3-36H2,1-2H3,(H,40,41). The highest BCUT2D eigenvalue weighted by Gasteiger charge is 2.18. The van der Waals surface area contributed by atoms with Crippen LogP contribution in [0.5, 0.6) is 0 Å². The van der Waals surface area contributed by atoms with Crippen LogP contribution in [0.3, 0.4) is 0 Å². The molecule has 4 nitrogen and oxygen atoms in total. The number of aliphatic imine (C=N–C) groups is 1. The lowest BCUT2D eigenvalue weighted by atomic mass is 9.94. The number of esters is 1. The van der Waals surface area contributed by atoms with Crippen molar-refractivity contribution in [3.05, 3.63) is 0 Å². The fourth-order valence-corrected chi connectivity index (χ4v) is 6.57. The average Bonchev–Trinajstić information content (AvgIpc) is 3.55. The summed E-state index contributed by atoms with van der Waals surface area (Å²) < 4.78 is 5.59. The molecule has 1 aliphatic rings. The van der Waals surface area contributed by atoms with Crippen molar-refractivity contribution in [2.75, 3.05) is 19.7 Å². The number of amidine groups is 1. The quantitative estimate of drug-likeness (QED) is 0.0587. The highest BCUT2D eigenvalue weighted by atomic mass is 16.5. The zero-order valence-corrected chi connectivity index (χ0v) is 29.4.